The van der Waals surface area contributed by atoms with Gasteiger partial charge >= 0.3 is 0 Å². The SMILES string of the molecule is CCCC(CC(C)CC)C1=NOCC(CN2CCCCC2)O1.Cc1ccc(N)cn1. The number of piperidine rings is 1. The highest BCUT2D eigenvalue weighted by Gasteiger charge is 2.28. The first kappa shape index (κ1) is 24.4. The van der Waals surface area contributed by atoms with E-state index >= 15 is 0 Å². The Kier molecular flexibility index (Phi) is 11.0. The van der Waals surface area contributed by atoms with Gasteiger partial charge in [0.1, 0.15) is 6.10 Å². The predicted octanol–water partition coefficient (Wildman–Crippen LogP) is 5.03. The van der Waals surface area contributed by atoms with Gasteiger partial charge in [-0.15, -0.1) is 0 Å². The molecule has 2 N–H and O–H groups in total. The number of anilines is 1. The molecule has 170 valence electrons. The molecule has 0 saturated carbocycles. The highest BCUT2D eigenvalue weighted by atomic mass is 16.7. The molecule has 0 aliphatic carbocycles. The lowest BCUT2D eigenvalue weighted by Crippen LogP contribution is -2.43. The maximum atomic E-state index is 6.23. The molecule has 0 aromatic carbocycles. The van der Waals surface area contributed by atoms with Crippen LogP contribution in [0.25, 0.3) is 0 Å². The lowest BCUT2D eigenvalue weighted by atomic mass is 9.90. The van der Waals surface area contributed by atoms with E-state index in [0.717, 1.165) is 36.7 Å². The fourth-order valence-electron chi connectivity index (χ4n) is 3.92. The summed E-state index contributed by atoms with van der Waals surface area (Å²) in [5, 5.41) is 4.25. The van der Waals surface area contributed by atoms with Gasteiger partial charge in [-0.05, 0) is 63.7 Å². The van der Waals surface area contributed by atoms with Gasteiger partial charge in [0.2, 0.25) is 5.90 Å². The summed E-state index contributed by atoms with van der Waals surface area (Å²) in [7, 11) is 0. The van der Waals surface area contributed by atoms with Crippen molar-refractivity contribution >= 4 is 11.6 Å². The van der Waals surface area contributed by atoms with Crippen LogP contribution >= 0.6 is 0 Å². The average molecular weight is 419 g/mol. The first-order valence-electron chi connectivity index (χ1n) is 11.8. The standard InChI is InChI=1S/C18H34N2O2.C6H8N2/c1-4-9-16(12-15(3)5-2)18-19-21-14-17(22-18)13-20-10-7-6-8-11-20;1-5-2-3-6(7)4-8-5/h15-17H,4-14H2,1-3H3;2-4H,7H2,1H3. The number of hydrogen-bond donors (Lipinski definition) is 1. The molecule has 6 heteroatoms. The van der Waals surface area contributed by atoms with Crippen LogP contribution in [0.3, 0.4) is 0 Å². The summed E-state index contributed by atoms with van der Waals surface area (Å²) in [6, 6.07) is 3.72. The van der Waals surface area contributed by atoms with Gasteiger partial charge in [0.25, 0.3) is 0 Å². The van der Waals surface area contributed by atoms with Gasteiger partial charge < -0.3 is 15.3 Å². The Morgan fingerprint density at radius 3 is 2.57 bits per heavy atom. The van der Waals surface area contributed by atoms with Crippen LogP contribution in [0.5, 0.6) is 0 Å². The highest BCUT2D eigenvalue weighted by Crippen LogP contribution is 2.24. The van der Waals surface area contributed by atoms with Crippen LogP contribution in [0.1, 0.15) is 71.4 Å². The molecule has 0 bridgehead atoms. The molecule has 30 heavy (non-hydrogen) atoms. The molecule has 3 atom stereocenters. The molecule has 0 spiro atoms. The van der Waals surface area contributed by atoms with Crippen LogP contribution in [-0.4, -0.2) is 48.1 Å². The van der Waals surface area contributed by atoms with E-state index in [0.29, 0.717) is 18.4 Å². The lowest BCUT2D eigenvalue weighted by molar-refractivity contribution is -0.0163. The molecule has 2 aliphatic heterocycles. The Morgan fingerprint density at radius 2 is 1.97 bits per heavy atom. The van der Waals surface area contributed by atoms with Crippen LogP contribution in [0.4, 0.5) is 5.69 Å². The largest absolute Gasteiger partial charge is 0.470 e. The van der Waals surface area contributed by atoms with Gasteiger partial charge in [-0.1, -0.05) is 45.2 Å². The minimum atomic E-state index is 0.155. The molecule has 0 radical (unpaired) electrons. The van der Waals surface area contributed by atoms with Crippen LogP contribution in [0.2, 0.25) is 0 Å². The summed E-state index contributed by atoms with van der Waals surface area (Å²) < 4.78 is 6.23. The molecule has 3 heterocycles. The third-order valence-electron chi connectivity index (χ3n) is 5.92. The van der Waals surface area contributed by atoms with E-state index in [1.807, 2.05) is 19.1 Å². The normalized spacial score (nSPS) is 21.3. The van der Waals surface area contributed by atoms with Gasteiger partial charge in [0.05, 0.1) is 11.9 Å². The number of rotatable bonds is 8. The Labute approximate surface area is 183 Å². The number of hydrogen-bond acceptors (Lipinski definition) is 6. The summed E-state index contributed by atoms with van der Waals surface area (Å²) in [6.07, 6.45) is 10.5. The van der Waals surface area contributed by atoms with Gasteiger partial charge in [-0.2, -0.15) is 0 Å². The molecule has 3 unspecified atom stereocenters. The highest BCUT2D eigenvalue weighted by molar-refractivity contribution is 5.78. The van der Waals surface area contributed by atoms with Crippen molar-refractivity contribution in [3.63, 3.8) is 0 Å². The van der Waals surface area contributed by atoms with Crippen LogP contribution in [-0.2, 0) is 9.57 Å². The van der Waals surface area contributed by atoms with Crippen molar-refractivity contribution in [1.29, 1.82) is 0 Å². The number of nitrogens with zero attached hydrogens (tertiary/aromatic N) is 3. The van der Waals surface area contributed by atoms with Gasteiger partial charge in [0.15, 0.2) is 6.61 Å². The van der Waals surface area contributed by atoms with Crippen molar-refractivity contribution in [3.8, 4) is 0 Å². The van der Waals surface area contributed by atoms with Crippen molar-refractivity contribution in [3.05, 3.63) is 24.0 Å². The predicted molar refractivity (Wildman–Crippen MR) is 124 cm³/mol. The summed E-state index contributed by atoms with van der Waals surface area (Å²) in [6.45, 7) is 12.7. The first-order valence-corrected chi connectivity index (χ1v) is 11.8. The molecule has 0 amide bonds. The number of nitrogens with two attached hydrogens (primary N) is 1. The van der Waals surface area contributed by atoms with Gasteiger partial charge in [-0.25, -0.2) is 0 Å². The number of nitrogen functional groups attached to an aromatic ring is 1. The van der Waals surface area contributed by atoms with E-state index in [-0.39, 0.29) is 6.10 Å². The second-order valence-electron chi connectivity index (χ2n) is 8.79. The van der Waals surface area contributed by atoms with Crippen LogP contribution in [0.15, 0.2) is 23.5 Å². The molecule has 1 aromatic heterocycles. The number of pyridine rings is 1. The van der Waals surface area contributed by atoms with E-state index in [1.165, 1.54) is 45.2 Å². The quantitative estimate of drug-likeness (QED) is 0.641. The number of likely N-dealkylation sites (tertiary alicyclic amines) is 1. The minimum Gasteiger partial charge on any atom is -0.470 e. The van der Waals surface area contributed by atoms with E-state index in [9.17, 15) is 0 Å². The Bertz CT molecular complexity index is 593. The zero-order valence-corrected chi connectivity index (χ0v) is 19.5. The lowest BCUT2D eigenvalue weighted by Gasteiger charge is -2.33. The van der Waals surface area contributed by atoms with Gasteiger partial charge in [0, 0.05) is 18.2 Å². The number of oxime groups is 1. The third-order valence-corrected chi connectivity index (χ3v) is 5.92. The van der Waals surface area contributed by atoms with Crippen molar-refractivity contribution in [2.24, 2.45) is 17.0 Å². The monoisotopic (exact) mass is 418 g/mol. The van der Waals surface area contributed by atoms with E-state index < -0.39 is 0 Å². The topological polar surface area (TPSA) is 73.0 Å². The Hall–Kier alpha value is -1.82. The summed E-state index contributed by atoms with van der Waals surface area (Å²) >= 11 is 0. The number of aromatic nitrogens is 1. The smallest absolute Gasteiger partial charge is 0.229 e. The van der Waals surface area contributed by atoms with Crippen molar-refractivity contribution in [1.82, 2.24) is 9.88 Å². The summed E-state index contributed by atoms with van der Waals surface area (Å²) in [5.41, 5.74) is 7.08. The van der Waals surface area contributed by atoms with Crippen molar-refractivity contribution < 1.29 is 9.57 Å². The molecule has 3 rings (SSSR count). The Balaban J connectivity index is 0.000000335. The molecule has 1 fully saturated rings. The van der Waals surface area contributed by atoms with Crippen LogP contribution in [0, 0.1) is 18.8 Å². The van der Waals surface area contributed by atoms with E-state index in [4.69, 9.17) is 15.3 Å². The summed E-state index contributed by atoms with van der Waals surface area (Å²) in [5.74, 6) is 1.99. The van der Waals surface area contributed by atoms with E-state index in [1.54, 1.807) is 6.20 Å². The minimum absolute atomic E-state index is 0.155. The fraction of sp³-hybridized carbons (Fsp3) is 0.750. The number of ether oxygens (including phenoxy) is 1. The first-order chi connectivity index (χ1) is 14.5. The van der Waals surface area contributed by atoms with E-state index in [2.05, 4.69) is 35.8 Å². The Morgan fingerprint density at radius 1 is 1.20 bits per heavy atom. The third kappa shape index (κ3) is 8.90. The molecule has 1 aromatic rings. The van der Waals surface area contributed by atoms with Crippen molar-refractivity contribution in [2.75, 3.05) is 32.0 Å². The molecular formula is C24H42N4O2. The zero-order valence-electron chi connectivity index (χ0n) is 19.5. The molecule has 6 nitrogen and oxygen atoms in total. The fourth-order valence-corrected chi connectivity index (χ4v) is 3.92. The average Bonchev–Trinajstić information content (AvgIpc) is 2.77. The number of aryl methyl sites for hydroxylation is 1. The molecule has 1 saturated heterocycles. The second kappa shape index (κ2) is 13.5. The maximum absolute atomic E-state index is 6.23. The van der Waals surface area contributed by atoms with Crippen LogP contribution < -0.4 is 5.73 Å². The van der Waals surface area contributed by atoms with Gasteiger partial charge in [-0.3, -0.25) is 9.88 Å². The summed E-state index contributed by atoms with van der Waals surface area (Å²) in [4.78, 5) is 12.0. The second-order valence-corrected chi connectivity index (χ2v) is 8.79. The zero-order chi connectivity index (χ0) is 21.8. The maximum Gasteiger partial charge on any atom is 0.229 e. The molecular weight excluding hydrogens is 376 g/mol. The van der Waals surface area contributed by atoms with Crippen molar-refractivity contribution in [2.45, 2.75) is 78.7 Å². The molecule has 2 aliphatic rings.